The molecule has 0 bridgehead atoms. The summed E-state index contributed by atoms with van der Waals surface area (Å²) in [5, 5.41) is 3.10. The molecule has 2 aliphatic carbocycles. The van der Waals surface area contributed by atoms with Crippen LogP contribution in [0.15, 0.2) is 11.6 Å². The van der Waals surface area contributed by atoms with E-state index in [-0.39, 0.29) is 11.8 Å². The lowest BCUT2D eigenvalue weighted by Gasteiger charge is -2.31. The molecule has 1 saturated heterocycles. The first-order valence-corrected chi connectivity index (χ1v) is 8.98. The molecule has 0 atom stereocenters. The van der Waals surface area contributed by atoms with Gasteiger partial charge in [-0.2, -0.15) is 0 Å². The lowest BCUT2D eigenvalue weighted by molar-refractivity contribution is -0.136. The summed E-state index contributed by atoms with van der Waals surface area (Å²) < 4.78 is 0. The number of nitrogens with zero attached hydrogens (tertiary/aromatic N) is 1. The second kappa shape index (κ2) is 7.30. The van der Waals surface area contributed by atoms with E-state index in [9.17, 15) is 9.59 Å². The summed E-state index contributed by atoms with van der Waals surface area (Å²) >= 11 is 0. The van der Waals surface area contributed by atoms with Gasteiger partial charge in [0.15, 0.2) is 0 Å². The summed E-state index contributed by atoms with van der Waals surface area (Å²) in [5.74, 6) is 0.913. The van der Waals surface area contributed by atoms with Crippen LogP contribution in [0.1, 0.15) is 57.8 Å². The van der Waals surface area contributed by atoms with Crippen LogP contribution >= 0.6 is 0 Å². The SMILES string of the molecule is O=C(NCCC1=CCCCC1)C1CCN(C(=O)C2CC2)CC1. The number of carbonyl (C=O) groups is 2. The van der Waals surface area contributed by atoms with Gasteiger partial charge in [0.25, 0.3) is 0 Å². The van der Waals surface area contributed by atoms with Crippen LogP contribution in [-0.4, -0.2) is 36.3 Å². The molecule has 1 N–H and O–H groups in total. The van der Waals surface area contributed by atoms with Gasteiger partial charge in [-0.3, -0.25) is 9.59 Å². The van der Waals surface area contributed by atoms with E-state index in [1.807, 2.05) is 4.90 Å². The zero-order valence-electron chi connectivity index (χ0n) is 13.5. The first-order chi connectivity index (χ1) is 10.7. The predicted octanol–water partition coefficient (Wildman–Crippen LogP) is 2.64. The van der Waals surface area contributed by atoms with E-state index in [4.69, 9.17) is 0 Å². The minimum absolute atomic E-state index is 0.101. The van der Waals surface area contributed by atoms with Gasteiger partial charge < -0.3 is 10.2 Å². The van der Waals surface area contributed by atoms with Gasteiger partial charge in [0.2, 0.25) is 11.8 Å². The minimum Gasteiger partial charge on any atom is -0.356 e. The maximum atomic E-state index is 12.2. The van der Waals surface area contributed by atoms with E-state index in [1.165, 1.54) is 31.3 Å². The van der Waals surface area contributed by atoms with Crippen LogP contribution in [0.3, 0.4) is 0 Å². The Morgan fingerprint density at radius 2 is 1.86 bits per heavy atom. The Hall–Kier alpha value is -1.32. The molecule has 2 fully saturated rings. The maximum Gasteiger partial charge on any atom is 0.225 e. The van der Waals surface area contributed by atoms with Crippen LogP contribution in [0.4, 0.5) is 0 Å². The molecular formula is C18H28N2O2. The molecule has 4 heteroatoms. The van der Waals surface area contributed by atoms with E-state index in [1.54, 1.807) is 0 Å². The summed E-state index contributed by atoms with van der Waals surface area (Å²) in [6.07, 6.45) is 12.2. The molecule has 22 heavy (non-hydrogen) atoms. The van der Waals surface area contributed by atoms with Crippen molar-refractivity contribution in [2.75, 3.05) is 19.6 Å². The number of piperidine rings is 1. The van der Waals surface area contributed by atoms with Crippen LogP contribution in [0.25, 0.3) is 0 Å². The van der Waals surface area contributed by atoms with Crippen molar-refractivity contribution in [3.63, 3.8) is 0 Å². The molecule has 1 saturated carbocycles. The van der Waals surface area contributed by atoms with Gasteiger partial charge >= 0.3 is 0 Å². The summed E-state index contributed by atoms with van der Waals surface area (Å²) in [7, 11) is 0. The first-order valence-electron chi connectivity index (χ1n) is 8.98. The Morgan fingerprint density at radius 3 is 2.50 bits per heavy atom. The summed E-state index contributed by atoms with van der Waals surface area (Å²) in [5.41, 5.74) is 1.51. The third-order valence-electron chi connectivity index (χ3n) is 5.23. The maximum absolute atomic E-state index is 12.2. The third kappa shape index (κ3) is 4.11. The Balaban J connectivity index is 1.34. The number of allylic oxidation sites excluding steroid dienone is 1. The van der Waals surface area contributed by atoms with Crippen LogP contribution < -0.4 is 5.32 Å². The highest BCUT2D eigenvalue weighted by molar-refractivity contribution is 5.82. The lowest BCUT2D eigenvalue weighted by atomic mass is 9.95. The number of amides is 2. The van der Waals surface area contributed by atoms with Gasteiger partial charge in [0.1, 0.15) is 0 Å². The van der Waals surface area contributed by atoms with Crippen LogP contribution in [-0.2, 0) is 9.59 Å². The predicted molar refractivity (Wildman–Crippen MR) is 86.2 cm³/mol. The van der Waals surface area contributed by atoms with Crippen molar-refractivity contribution in [3.8, 4) is 0 Å². The number of carbonyl (C=O) groups excluding carboxylic acids is 2. The van der Waals surface area contributed by atoms with Crippen molar-refractivity contribution in [2.45, 2.75) is 57.8 Å². The molecule has 0 radical (unpaired) electrons. The molecule has 0 aromatic heterocycles. The molecule has 1 heterocycles. The summed E-state index contributed by atoms with van der Waals surface area (Å²) in [4.78, 5) is 26.2. The molecule has 1 aliphatic heterocycles. The molecule has 0 aromatic rings. The molecular weight excluding hydrogens is 276 g/mol. The summed E-state index contributed by atoms with van der Waals surface area (Å²) in [6.45, 7) is 2.29. The number of hydrogen-bond donors (Lipinski definition) is 1. The van der Waals surface area contributed by atoms with Crippen LogP contribution in [0.5, 0.6) is 0 Å². The molecule has 0 spiro atoms. The minimum atomic E-state index is 0.101. The number of nitrogens with one attached hydrogen (secondary N) is 1. The zero-order valence-corrected chi connectivity index (χ0v) is 13.5. The highest BCUT2D eigenvalue weighted by Crippen LogP contribution is 2.32. The van der Waals surface area contributed by atoms with Gasteiger partial charge in [-0.05, 0) is 57.8 Å². The average Bonchev–Trinajstić information content (AvgIpc) is 3.40. The van der Waals surface area contributed by atoms with Crippen molar-refractivity contribution in [1.29, 1.82) is 0 Å². The van der Waals surface area contributed by atoms with E-state index >= 15 is 0 Å². The molecule has 3 rings (SSSR count). The van der Waals surface area contributed by atoms with E-state index in [0.29, 0.717) is 11.8 Å². The van der Waals surface area contributed by atoms with Crippen LogP contribution in [0, 0.1) is 11.8 Å². The normalized spacial score (nSPS) is 23.1. The number of rotatable bonds is 5. The fourth-order valence-corrected chi connectivity index (χ4v) is 3.57. The van der Waals surface area contributed by atoms with Gasteiger partial charge in [0.05, 0.1) is 0 Å². The lowest BCUT2D eigenvalue weighted by Crippen LogP contribution is -2.43. The Labute approximate surface area is 133 Å². The van der Waals surface area contributed by atoms with E-state index < -0.39 is 0 Å². The Kier molecular flexibility index (Phi) is 5.16. The molecule has 3 aliphatic rings. The number of hydrogen-bond acceptors (Lipinski definition) is 2. The molecule has 0 aromatic carbocycles. The van der Waals surface area contributed by atoms with E-state index in [0.717, 1.165) is 51.7 Å². The average molecular weight is 304 g/mol. The molecule has 4 nitrogen and oxygen atoms in total. The quantitative estimate of drug-likeness (QED) is 0.794. The fourth-order valence-electron chi connectivity index (χ4n) is 3.57. The van der Waals surface area contributed by atoms with E-state index in [2.05, 4.69) is 11.4 Å². The van der Waals surface area contributed by atoms with Gasteiger partial charge in [0, 0.05) is 31.5 Å². The Bertz CT molecular complexity index is 446. The standard InChI is InChI=1S/C18H28N2O2/c21-17(19-11-8-14-4-2-1-3-5-14)15-9-12-20(13-10-15)18(22)16-6-7-16/h4,15-16H,1-3,5-13H2,(H,19,21). The van der Waals surface area contributed by atoms with Crippen molar-refractivity contribution in [2.24, 2.45) is 11.8 Å². The largest absolute Gasteiger partial charge is 0.356 e. The highest BCUT2D eigenvalue weighted by Gasteiger charge is 2.35. The van der Waals surface area contributed by atoms with Gasteiger partial charge in [-0.25, -0.2) is 0 Å². The monoisotopic (exact) mass is 304 g/mol. The Morgan fingerprint density at radius 1 is 1.09 bits per heavy atom. The van der Waals surface area contributed by atoms with Crippen molar-refractivity contribution < 1.29 is 9.59 Å². The highest BCUT2D eigenvalue weighted by atomic mass is 16.2. The molecule has 0 unspecified atom stereocenters. The smallest absolute Gasteiger partial charge is 0.225 e. The summed E-state index contributed by atoms with van der Waals surface area (Å²) in [6, 6.07) is 0. The topological polar surface area (TPSA) is 49.4 Å². The van der Waals surface area contributed by atoms with Crippen molar-refractivity contribution in [1.82, 2.24) is 10.2 Å². The second-order valence-corrected chi connectivity index (χ2v) is 7.02. The molecule has 2 amide bonds. The fraction of sp³-hybridized carbons (Fsp3) is 0.778. The van der Waals surface area contributed by atoms with Gasteiger partial charge in [-0.1, -0.05) is 11.6 Å². The van der Waals surface area contributed by atoms with Gasteiger partial charge in [-0.15, -0.1) is 0 Å². The zero-order chi connectivity index (χ0) is 15.4. The molecule has 122 valence electrons. The third-order valence-corrected chi connectivity index (χ3v) is 5.23. The van der Waals surface area contributed by atoms with Crippen LogP contribution in [0.2, 0.25) is 0 Å². The number of likely N-dealkylation sites (tertiary alicyclic amines) is 1. The first kappa shape index (κ1) is 15.6. The van der Waals surface area contributed by atoms with Crippen molar-refractivity contribution in [3.05, 3.63) is 11.6 Å². The second-order valence-electron chi connectivity index (χ2n) is 7.02. The van der Waals surface area contributed by atoms with Crippen molar-refractivity contribution >= 4 is 11.8 Å².